The molecule has 0 aliphatic carbocycles. The third-order valence-corrected chi connectivity index (χ3v) is 5.21. The molecular formula is C13H17NO5S. The van der Waals surface area contributed by atoms with E-state index < -0.39 is 22.0 Å². The Morgan fingerprint density at radius 2 is 2.25 bits per heavy atom. The molecule has 1 aromatic carbocycles. The summed E-state index contributed by atoms with van der Waals surface area (Å²) in [5, 5.41) is 9.11. The van der Waals surface area contributed by atoms with Gasteiger partial charge in [-0.2, -0.15) is 4.31 Å². The van der Waals surface area contributed by atoms with E-state index in [0.717, 1.165) is 9.87 Å². The molecular weight excluding hydrogens is 282 g/mol. The molecule has 1 aliphatic heterocycles. The predicted octanol–water partition coefficient (Wildman–Crippen LogP) is 1.07. The summed E-state index contributed by atoms with van der Waals surface area (Å²) in [6, 6.07) is 5.43. The Morgan fingerprint density at radius 1 is 1.50 bits per heavy atom. The number of carbonyl (C=O) groups is 1. The average Bonchev–Trinajstić information content (AvgIpc) is 2.89. The lowest BCUT2D eigenvalue weighted by Crippen LogP contribution is -2.40. The number of benzene rings is 1. The van der Waals surface area contributed by atoms with E-state index >= 15 is 0 Å². The maximum atomic E-state index is 12.5. The molecule has 0 spiro atoms. The van der Waals surface area contributed by atoms with Crippen molar-refractivity contribution in [3.05, 3.63) is 29.8 Å². The number of ether oxygens (including phenoxy) is 1. The van der Waals surface area contributed by atoms with Gasteiger partial charge in [-0.15, -0.1) is 0 Å². The van der Waals surface area contributed by atoms with Gasteiger partial charge in [0.05, 0.1) is 11.5 Å². The number of hydrogen-bond acceptors (Lipinski definition) is 4. The second-order valence-corrected chi connectivity index (χ2v) is 6.58. The van der Waals surface area contributed by atoms with Crippen molar-refractivity contribution in [1.82, 2.24) is 4.31 Å². The van der Waals surface area contributed by atoms with Crippen LogP contribution in [0, 0.1) is 0 Å². The van der Waals surface area contributed by atoms with Gasteiger partial charge >= 0.3 is 5.97 Å². The first-order valence-electron chi connectivity index (χ1n) is 6.29. The Bertz CT molecular complexity index is 599. The van der Waals surface area contributed by atoms with Crippen LogP contribution in [0.3, 0.4) is 0 Å². The lowest BCUT2D eigenvalue weighted by Gasteiger charge is -2.21. The highest BCUT2D eigenvalue weighted by Crippen LogP contribution is 2.26. The minimum Gasteiger partial charge on any atom is -0.480 e. The number of hydrogen-bond donors (Lipinski definition) is 1. The van der Waals surface area contributed by atoms with Crippen LogP contribution in [0.4, 0.5) is 0 Å². The van der Waals surface area contributed by atoms with Crippen LogP contribution >= 0.6 is 0 Å². The molecule has 0 amide bonds. The summed E-state index contributed by atoms with van der Waals surface area (Å²) in [7, 11) is -2.25. The van der Waals surface area contributed by atoms with Crippen LogP contribution in [0.2, 0.25) is 0 Å². The van der Waals surface area contributed by atoms with Gasteiger partial charge < -0.3 is 9.84 Å². The molecule has 6 nitrogen and oxygen atoms in total. The Kier molecular flexibility index (Phi) is 4.42. The first-order valence-corrected chi connectivity index (χ1v) is 7.73. The predicted molar refractivity (Wildman–Crippen MR) is 71.7 cm³/mol. The summed E-state index contributed by atoms with van der Waals surface area (Å²) >= 11 is 0. The minimum atomic E-state index is -3.78. The second-order valence-electron chi connectivity index (χ2n) is 4.69. The van der Waals surface area contributed by atoms with Gasteiger partial charge in [-0.3, -0.25) is 4.79 Å². The molecule has 1 N–H and O–H groups in total. The van der Waals surface area contributed by atoms with Crippen molar-refractivity contribution in [2.24, 2.45) is 0 Å². The third-order valence-electron chi connectivity index (χ3n) is 3.30. The van der Waals surface area contributed by atoms with Crippen LogP contribution < -0.4 is 0 Å². The van der Waals surface area contributed by atoms with Gasteiger partial charge in [0.15, 0.2) is 0 Å². The van der Waals surface area contributed by atoms with E-state index in [0.29, 0.717) is 19.4 Å². The van der Waals surface area contributed by atoms with Crippen molar-refractivity contribution in [3.8, 4) is 0 Å². The second kappa shape index (κ2) is 5.90. The molecule has 0 saturated carbocycles. The topological polar surface area (TPSA) is 83.9 Å². The molecule has 2 rings (SSSR count). The summed E-state index contributed by atoms with van der Waals surface area (Å²) in [5.41, 5.74) is 0.736. The van der Waals surface area contributed by atoms with E-state index in [1.54, 1.807) is 12.1 Å². The number of rotatable bonds is 5. The zero-order valence-corrected chi connectivity index (χ0v) is 12.0. The molecule has 0 radical (unpaired) electrons. The Labute approximate surface area is 118 Å². The molecule has 0 aromatic heterocycles. The van der Waals surface area contributed by atoms with Gasteiger partial charge in [0.1, 0.15) is 6.04 Å². The molecule has 1 aromatic rings. The van der Waals surface area contributed by atoms with Gasteiger partial charge in [-0.1, -0.05) is 12.1 Å². The van der Waals surface area contributed by atoms with E-state index in [1.165, 1.54) is 19.2 Å². The average molecular weight is 299 g/mol. The fraction of sp³-hybridized carbons (Fsp3) is 0.462. The van der Waals surface area contributed by atoms with Crippen LogP contribution in [0.25, 0.3) is 0 Å². The summed E-state index contributed by atoms with van der Waals surface area (Å²) < 4.78 is 31.1. The highest BCUT2D eigenvalue weighted by atomic mass is 32.2. The molecule has 7 heteroatoms. The SMILES string of the molecule is COCc1cccc(S(=O)(=O)N2CCCC2C(=O)O)c1. The Morgan fingerprint density at radius 3 is 2.90 bits per heavy atom. The lowest BCUT2D eigenvalue weighted by atomic mass is 10.2. The van der Waals surface area contributed by atoms with Crippen molar-refractivity contribution in [3.63, 3.8) is 0 Å². The molecule has 1 heterocycles. The van der Waals surface area contributed by atoms with Gasteiger partial charge in [0.2, 0.25) is 10.0 Å². The number of methoxy groups -OCH3 is 1. The Hall–Kier alpha value is -1.44. The minimum absolute atomic E-state index is 0.111. The highest BCUT2D eigenvalue weighted by Gasteiger charge is 2.39. The van der Waals surface area contributed by atoms with E-state index in [1.807, 2.05) is 0 Å². The number of aliphatic carboxylic acids is 1. The van der Waals surface area contributed by atoms with Crippen molar-refractivity contribution in [1.29, 1.82) is 0 Å². The van der Waals surface area contributed by atoms with Gasteiger partial charge in [0, 0.05) is 13.7 Å². The molecule has 1 fully saturated rings. The van der Waals surface area contributed by atoms with Crippen molar-refractivity contribution in [2.75, 3.05) is 13.7 Å². The monoisotopic (exact) mass is 299 g/mol. The summed E-state index contributed by atoms with van der Waals surface area (Å²) in [4.78, 5) is 11.2. The molecule has 1 aliphatic rings. The first kappa shape index (κ1) is 15.0. The third kappa shape index (κ3) is 2.84. The molecule has 1 atom stereocenters. The van der Waals surface area contributed by atoms with Gasteiger partial charge in [-0.05, 0) is 30.5 Å². The lowest BCUT2D eigenvalue weighted by molar-refractivity contribution is -0.140. The summed E-state index contributed by atoms with van der Waals surface area (Å²) in [6.45, 7) is 0.555. The first-order chi connectivity index (χ1) is 9.46. The van der Waals surface area contributed by atoms with E-state index in [-0.39, 0.29) is 11.4 Å². The van der Waals surface area contributed by atoms with Crippen molar-refractivity contribution >= 4 is 16.0 Å². The van der Waals surface area contributed by atoms with Crippen molar-refractivity contribution in [2.45, 2.75) is 30.4 Å². The van der Waals surface area contributed by atoms with Gasteiger partial charge in [-0.25, -0.2) is 8.42 Å². The normalized spacial score (nSPS) is 20.1. The maximum Gasteiger partial charge on any atom is 0.322 e. The van der Waals surface area contributed by atoms with Gasteiger partial charge in [0.25, 0.3) is 0 Å². The van der Waals surface area contributed by atoms with E-state index in [9.17, 15) is 13.2 Å². The van der Waals surface area contributed by atoms with Crippen LogP contribution in [0.5, 0.6) is 0 Å². The number of carboxylic acid groups (broad SMARTS) is 1. The highest BCUT2D eigenvalue weighted by molar-refractivity contribution is 7.89. The number of sulfonamides is 1. The number of carboxylic acids is 1. The zero-order valence-electron chi connectivity index (χ0n) is 11.2. The summed E-state index contributed by atoms with van der Waals surface area (Å²) in [5.74, 6) is -1.10. The van der Waals surface area contributed by atoms with Crippen LogP contribution in [-0.4, -0.2) is 43.5 Å². The quantitative estimate of drug-likeness (QED) is 0.879. The van der Waals surface area contributed by atoms with Crippen molar-refractivity contribution < 1.29 is 23.1 Å². The largest absolute Gasteiger partial charge is 0.480 e. The smallest absolute Gasteiger partial charge is 0.322 e. The summed E-state index contributed by atoms with van der Waals surface area (Å²) in [6.07, 6.45) is 0.917. The standard InChI is InChI=1S/C13H17NO5S/c1-19-9-10-4-2-5-11(8-10)20(17,18)14-7-3-6-12(14)13(15)16/h2,4-5,8,12H,3,6-7,9H2,1H3,(H,15,16). The fourth-order valence-electron chi connectivity index (χ4n) is 2.37. The molecule has 1 unspecified atom stereocenters. The molecule has 110 valence electrons. The maximum absolute atomic E-state index is 12.5. The van der Waals surface area contributed by atoms with E-state index in [2.05, 4.69) is 0 Å². The Balaban J connectivity index is 2.34. The zero-order chi connectivity index (χ0) is 14.8. The van der Waals surface area contributed by atoms with Crippen LogP contribution in [0.1, 0.15) is 18.4 Å². The number of nitrogens with zero attached hydrogens (tertiary/aromatic N) is 1. The van der Waals surface area contributed by atoms with E-state index in [4.69, 9.17) is 9.84 Å². The molecule has 20 heavy (non-hydrogen) atoms. The fourth-order valence-corrected chi connectivity index (χ4v) is 4.09. The molecule has 0 bridgehead atoms. The molecule has 1 saturated heterocycles. The van der Waals surface area contributed by atoms with Crippen LogP contribution in [-0.2, 0) is 26.2 Å². The van der Waals surface area contributed by atoms with Crippen LogP contribution in [0.15, 0.2) is 29.2 Å².